The highest BCUT2D eigenvalue weighted by molar-refractivity contribution is 7.80. The number of aliphatic hydroxyl groups excluding tert-OH is 1. The molecule has 8 N–H and O–H groups in total. The number of aliphatic hydroxyl groups is 1. The van der Waals surface area contributed by atoms with Gasteiger partial charge < -0.3 is 37.0 Å². The molecule has 0 aliphatic carbocycles. The number of nitrogens with one attached hydrogen (secondary N) is 3. The van der Waals surface area contributed by atoms with Crippen LogP contribution in [0.2, 0.25) is 0 Å². The van der Waals surface area contributed by atoms with Gasteiger partial charge in [0.2, 0.25) is 17.7 Å². The van der Waals surface area contributed by atoms with E-state index < -0.39 is 73.3 Å². The Kier molecular flexibility index (Phi) is 11.9. The summed E-state index contributed by atoms with van der Waals surface area (Å²) >= 11 is 4.02. The zero-order chi connectivity index (χ0) is 25.0. The minimum absolute atomic E-state index is 0.147. The second-order valence-electron chi connectivity index (χ2n) is 7.12. The lowest BCUT2D eigenvalue weighted by atomic mass is 10.1. The molecule has 3 amide bonds. The van der Waals surface area contributed by atoms with Gasteiger partial charge in [-0.25, -0.2) is 4.79 Å². The first-order valence-electron chi connectivity index (χ1n) is 9.96. The smallest absolute Gasteiger partial charge is 0.326 e. The largest absolute Gasteiger partial charge is 0.481 e. The molecule has 1 rings (SSSR count). The maximum Gasteiger partial charge on any atom is 0.326 e. The average Bonchev–Trinajstić information content (AvgIpc) is 2.78. The fourth-order valence-corrected chi connectivity index (χ4v) is 2.95. The number of thiol groups is 1. The number of rotatable bonds is 14. The molecule has 0 fully saturated rings. The fourth-order valence-electron chi connectivity index (χ4n) is 2.70. The van der Waals surface area contributed by atoms with E-state index in [9.17, 15) is 29.1 Å². The number of benzene rings is 1. The lowest BCUT2D eigenvalue weighted by molar-refractivity contribution is -0.143. The predicted molar refractivity (Wildman–Crippen MR) is 119 cm³/mol. The third-order valence-electron chi connectivity index (χ3n) is 4.53. The molecule has 0 saturated carbocycles. The van der Waals surface area contributed by atoms with Gasteiger partial charge in [-0.05, 0) is 18.4 Å². The van der Waals surface area contributed by atoms with Crippen molar-refractivity contribution in [3.63, 3.8) is 0 Å². The monoisotopic (exact) mass is 484 g/mol. The van der Waals surface area contributed by atoms with Crippen molar-refractivity contribution in [1.29, 1.82) is 0 Å². The minimum atomic E-state index is -1.54. The Bertz CT molecular complexity index is 839. The van der Waals surface area contributed by atoms with Gasteiger partial charge in [0, 0.05) is 12.2 Å². The molecule has 4 atom stereocenters. The number of hydrogen-bond acceptors (Lipinski definition) is 8. The highest BCUT2D eigenvalue weighted by Crippen LogP contribution is 2.03. The van der Waals surface area contributed by atoms with Crippen molar-refractivity contribution in [1.82, 2.24) is 16.0 Å². The Morgan fingerprint density at radius 3 is 1.94 bits per heavy atom. The summed E-state index contributed by atoms with van der Waals surface area (Å²) in [6.07, 6.45) is -0.677. The summed E-state index contributed by atoms with van der Waals surface area (Å²) in [5.74, 6) is -5.38. The molecule has 0 aliphatic heterocycles. The molecule has 33 heavy (non-hydrogen) atoms. The molecule has 0 radical (unpaired) electrons. The topological polar surface area (TPSA) is 208 Å². The maximum absolute atomic E-state index is 12.5. The van der Waals surface area contributed by atoms with E-state index in [1.54, 1.807) is 24.3 Å². The van der Waals surface area contributed by atoms with Gasteiger partial charge in [-0.15, -0.1) is 0 Å². The summed E-state index contributed by atoms with van der Waals surface area (Å²) in [6, 6.07) is 3.77. The molecule has 1 aromatic rings. The van der Waals surface area contributed by atoms with Gasteiger partial charge in [0.05, 0.1) is 12.6 Å². The summed E-state index contributed by atoms with van der Waals surface area (Å²) in [5.41, 5.74) is 6.71. The molecule has 0 aliphatic rings. The third kappa shape index (κ3) is 9.89. The number of amides is 3. The second kappa shape index (κ2) is 14.1. The summed E-state index contributed by atoms with van der Waals surface area (Å²) in [5, 5.41) is 34.0. The molecule has 0 spiro atoms. The molecule has 0 bridgehead atoms. The van der Waals surface area contributed by atoms with Crippen molar-refractivity contribution in [2.24, 2.45) is 5.73 Å². The van der Waals surface area contributed by atoms with Crippen LogP contribution in [0.5, 0.6) is 0 Å². The summed E-state index contributed by atoms with van der Waals surface area (Å²) in [6.45, 7) is -0.871. The van der Waals surface area contributed by atoms with E-state index >= 15 is 0 Å². The summed E-state index contributed by atoms with van der Waals surface area (Å²) < 4.78 is 0. The van der Waals surface area contributed by atoms with Crippen molar-refractivity contribution in [3.05, 3.63) is 35.9 Å². The van der Waals surface area contributed by atoms with E-state index in [0.717, 1.165) is 5.56 Å². The van der Waals surface area contributed by atoms with E-state index in [2.05, 4.69) is 28.6 Å². The molecule has 12 nitrogen and oxygen atoms in total. The third-order valence-corrected chi connectivity index (χ3v) is 4.89. The lowest BCUT2D eigenvalue weighted by Crippen LogP contribution is -2.58. The number of carbonyl (C=O) groups is 5. The van der Waals surface area contributed by atoms with Crippen molar-refractivity contribution in [3.8, 4) is 0 Å². The summed E-state index contributed by atoms with van der Waals surface area (Å²) in [7, 11) is 0. The number of nitrogens with two attached hydrogens (primary N) is 1. The summed E-state index contributed by atoms with van der Waals surface area (Å²) in [4.78, 5) is 59.0. The van der Waals surface area contributed by atoms with E-state index in [0.29, 0.717) is 0 Å². The van der Waals surface area contributed by atoms with Gasteiger partial charge in [0.15, 0.2) is 0 Å². The Morgan fingerprint density at radius 2 is 1.42 bits per heavy atom. The van der Waals surface area contributed by atoms with Crippen LogP contribution in [-0.4, -0.2) is 81.5 Å². The Hall–Kier alpha value is -3.16. The normalized spacial score (nSPS) is 14.3. The van der Waals surface area contributed by atoms with Crippen LogP contribution in [0.1, 0.15) is 18.4 Å². The van der Waals surface area contributed by atoms with E-state index in [4.69, 9.17) is 15.9 Å². The van der Waals surface area contributed by atoms with Crippen LogP contribution >= 0.6 is 12.6 Å². The fraction of sp³-hybridized carbons (Fsp3) is 0.450. The number of carboxylic acids is 2. The molecule has 13 heteroatoms. The lowest BCUT2D eigenvalue weighted by Gasteiger charge is -2.23. The van der Waals surface area contributed by atoms with Crippen molar-refractivity contribution in [2.75, 3.05) is 12.4 Å². The Balaban J connectivity index is 2.70. The number of carbonyl (C=O) groups excluding carboxylic acids is 3. The van der Waals surface area contributed by atoms with E-state index in [1.807, 2.05) is 6.07 Å². The first-order valence-corrected chi connectivity index (χ1v) is 10.6. The highest BCUT2D eigenvalue weighted by Gasteiger charge is 2.29. The number of carboxylic acid groups (broad SMARTS) is 2. The van der Waals surface area contributed by atoms with Crippen LogP contribution in [0.25, 0.3) is 0 Å². The van der Waals surface area contributed by atoms with Crippen LogP contribution in [0.3, 0.4) is 0 Å². The van der Waals surface area contributed by atoms with Crippen molar-refractivity contribution < 1.29 is 39.3 Å². The van der Waals surface area contributed by atoms with Gasteiger partial charge >= 0.3 is 11.9 Å². The van der Waals surface area contributed by atoms with Gasteiger partial charge in [-0.1, -0.05) is 30.3 Å². The van der Waals surface area contributed by atoms with Gasteiger partial charge in [-0.3, -0.25) is 19.2 Å². The van der Waals surface area contributed by atoms with Crippen molar-refractivity contribution >= 4 is 42.3 Å². The Morgan fingerprint density at radius 1 is 0.879 bits per heavy atom. The molecule has 0 saturated heterocycles. The average molecular weight is 485 g/mol. The van der Waals surface area contributed by atoms with E-state index in [1.165, 1.54) is 0 Å². The highest BCUT2D eigenvalue weighted by atomic mass is 32.1. The van der Waals surface area contributed by atoms with Gasteiger partial charge in [-0.2, -0.15) is 12.6 Å². The molecular weight excluding hydrogens is 456 g/mol. The minimum Gasteiger partial charge on any atom is -0.481 e. The second-order valence-corrected chi connectivity index (χ2v) is 7.48. The van der Waals surface area contributed by atoms with Crippen LogP contribution in [0.4, 0.5) is 0 Å². The number of hydrogen-bond donors (Lipinski definition) is 8. The quantitative estimate of drug-likeness (QED) is 0.136. The van der Waals surface area contributed by atoms with Gasteiger partial charge in [0.1, 0.15) is 18.1 Å². The standard InChI is InChI=1S/C20H28N4O8S/c21-12(8-11-4-2-1-3-5-11)17(28)24-15(10-33)19(30)23-14(9-25)18(29)22-13(20(31)32)6-7-16(26)27/h1-5,12-15,25,33H,6-10,21H2,(H,22,29)(H,23,30)(H,24,28)(H,26,27)(H,31,32). The van der Waals surface area contributed by atoms with Crippen LogP contribution in [-0.2, 0) is 30.4 Å². The van der Waals surface area contributed by atoms with Crippen molar-refractivity contribution in [2.45, 2.75) is 43.4 Å². The molecule has 4 unspecified atom stereocenters. The van der Waals surface area contributed by atoms with Gasteiger partial charge in [0.25, 0.3) is 0 Å². The number of aliphatic carboxylic acids is 2. The SMILES string of the molecule is NC(Cc1ccccc1)C(=O)NC(CS)C(=O)NC(CO)C(=O)NC(CCC(=O)O)C(=O)O. The van der Waals surface area contributed by atoms with Crippen LogP contribution in [0.15, 0.2) is 30.3 Å². The predicted octanol–water partition coefficient (Wildman–Crippen LogP) is -2.12. The maximum atomic E-state index is 12.5. The molecular formula is C20H28N4O8S. The zero-order valence-electron chi connectivity index (χ0n) is 17.6. The molecule has 0 heterocycles. The molecule has 0 aromatic heterocycles. The van der Waals surface area contributed by atoms with Crippen LogP contribution < -0.4 is 21.7 Å². The van der Waals surface area contributed by atoms with Crippen LogP contribution in [0, 0.1) is 0 Å². The molecule has 182 valence electrons. The zero-order valence-corrected chi connectivity index (χ0v) is 18.5. The van der Waals surface area contributed by atoms with E-state index in [-0.39, 0.29) is 12.2 Å². The Labute approximate surface area is 195 Å². The first kappa shape index (κ1) is 27.9. The first-order chi connectivity index (χ1) is 15.6. The molecule has 1 aromatic carbocycles.